The van der Waals surface area contributed by atoms with Crippen molar-refractivity contribution in [2.45, 2.75) is 6.54 Å². The van der Waals surface area contributed by atoms with Gasteiger partial charge in [-0.3, -0.25) is 4.57 Å². The van der Waals surface area contributed by atoms with Gasteiger partial charge in [0.05, 0.1) is 30.4 Å². The quantitative estimate of drug-likeness (QED) is 0.491. The van der Waals surface area contributed by atoms with Crippen LogP contribution in [-0.4, -0.2) is 27.8 Å². The summed E-state index contributed by atoms with van der Waals surface area (Å²) in [4.78, 5) is 24.1. The lowest BCUT2D eigenvalue weighted by Gasteiger charge is -2.06. The smallest absolute Gasteiger partial charge is 0.420 e. The highest BCUT2D eigenvalue weighted by Crippen LogP contribution is 2.21. The molecule has 28 heavy (non-hydrogen) atoms. The highest BCUT2D eigenvalue weighted by molar-refractivity contribution is 6.29. The summed E-state index contributed by atoms with van der Waals surface area (Å²) < 4.78 is 11.5. The number of aromatic nitrogens is 3. The van der Waals surface area contributed by atoms with E-state index in [4.69, 9.17) is 20.8 Å². The minimum absolute atomic E-state index is 0.269. The first kappa shape index (κ1) is 17.9. The Bertz CT molecular complexity index is 1230. The summed E-state index contributed by atoms with van der Waals surface area (Å²) in [6.07, 6.45) is 0. The molecule has 0 bridgehead atoms. The van der Waals surface area contributed by atoms with E-state index >= 15 is 0 Å². The Hall–Kier alpha value is -3.45. The molecule has 8 heteroatoms. The van der Waals surface area contributed by atoms with Crippen molar-refractivity contribution >= 4 is 28.7 Å². The zero-order valence-corrected chi connectivity index (χ0v) is 15.5. The fourth-order valence-corrected chi connectivity index (χ4v) is 3.04. The van der Waals surface area contributed by atoms with Crippen LogP contribution in [0.25, 0.3) is 22.4 Å². The minimum atomic E-state index is -0.506. The number of carbonyl (C=O) groups is 1. The van der Waals surface area contributed by atoms with E-state index < -0.39 is 11.7 Å². The van der Waals surface area contributed by atoms with Crippen molar-refractivity contribution in [2.24, 2.45) is 0 Å². The summed E-state index contributed by atoms with van der Waals surface area (Å²) >= 11 is 5.79. The fourth-order valence-electron chi connectivity index (χ4n) is 2.94. The molecule has 0 aliphatic carbocycles. The van der Waals surface area contributed by atoms with E-state index in [1.165, 1.54) is 11.7 Å². The van der Waals surface area contributed by atoms with Crippen LogP contribution >= 0.6 is 11.6 Å². The van der Waals surface area contributed by atoms with Crippen molar-refractivity contribution in [1.82, 2.24) is 14.8 Å². The number of carbonyl (C=O) groups excluding carboxylic acids is 1. The first-order valence-corrected chi connectivity index (χ1v) is 8.73. The predicted molar refractivity (Wildman–Crippen MR) is 103 cm³/mol. The average Bonchev–Trinajstić information content (AvgIpc) is 3.02. The first-order chi connectivity index (χ1) is 13.5. The van der Waals surface area contributed by atoms with Crippen LogP contribution in [-0.2, 0) is 11.3 Å². The molecule has 0 fully saturated rings. The van der Waals surface area contributed by atoms with E-state index in [1.807, 2.05) is 24.3 Å². The number of hydrogen-bond donors (Lipinski definition) is 0. The van der Waals surface area contributed by atoms with Crippen LogP contribution in [0.2, 0.25) is 5.15 Å². The van der Waals surface area contributed by atoms with Crippen LogP contribution in [0.3, 0.4) is 0 Å². The normalized spacial score (nSPS) is 10.9. The number of esters is 1. The highest BCUT2D eigenvalue weighted by atomic mass is 35.5. The number of hydrogen-bond acceptors (Lipinski definition) is 6. The lowest BCUT2D eigenvalue weighted by molar-refractivity contribution is 0.0601. The molecule has 0 unspecified atom stereocenters. The van der Waals surface area contributed by atoms with Gasteiger partial charge in [-0.2, -0.15) is 0 Å². The number of benzene rings is 2. The third kappa shape index (κ3) is 3.39. The zero-order valence-electron chi connectivity index (χ0n) is 14.8. The van der Waals surface area contributed by atoms with Gasteiger partial charge in [-0.05, 0) is 42.0 Å². The fraction of sp³-hybridized carbons (Fsp3) is 0.100. The van der Waals surface area contributed by atoms with Gasteiger partial charge in [0.15, 0.2) is 10.7 Å². The molecule has 0 aliphatic rings. The lowest BCUT2D eigenvalue weighted by Crippen LogP contribution is -2.15. The van der Waals surface area contributed by atoms with E-state index in [1.54, 1.807) is 30.3 Å². The Labute approximate surface area is 164 Å². The second kappa shape index (κ2) is 7.28. The first-order valence-electron chi connectivity index (χ1n) is 8.35. The van der Waals surface area contributed by atoms with E-state index in [-0.39, 0.29) is 6.54 Å². The van der Waals surface area contributed by atoms with Gasteiger partial charge in [0.2, 0.25) is 0 Å². The van der Waals surface area contributed by atoms with Gasteiger partial charge in [0, 0.05) is 5.56 Å². The van der Waals surface area contributed by atoms with Crippen molar-refractivity contribution in [3.05, 3.63) is 81.4 Å². The van der Waals surface area contributed by atoms with E-state index in [2.05, 4.69) is 10.2 Å². The molecule has 0 aliphatic heterocycles. The van der Waals surface area contributed by atoms with Crippen LogP contribution in [0.1, 0.15) is 15.9 Å². The van der Waals surface area contributed by atoms with Gasteiger partial charge in [-0.1, -0.05) is 29.8 Å². The maximum absolute atomic E-state index is 12.3. The number of methoxy groups -OCH3 is 1. The molecule has 0 amide bonds. The summed E-state index contributed by atoms with van der Waals surface area (Å²) in [6, 6.07) is 15.7. The number of halogens is 1. The lowest BCUT2D eigenvalue weighted by atomic mass is 10.1. The van der Waals surface area contributed by atoms with E-state index in [9.17, 15) is 9.59 Å². The summed E-state index contributed by atoms with van der Waals surface area (Å²) in [6.45, 7) is 0.269. The molecule has 0 N–H and O–H groups in total. The number of ether oxygens (including phenoxy) is 1. The van der Waals surface area contributed by atoms with E-state index in [0.29, 0.717) is 27.5 Å². The van der Waals surface area contributed by atoms with Crippen LogP contribution in [0, 0.1) is 0 Å². The standard InChI is InChI=1S/C20H14ClN3O4/c1-27-19(25)14-5-7-17-16(10-14)24(20(26)28-17)11-12-3-2-4-13(9-12)15-6-8-18(21)23-22-15/h2-10H,11H2,1H3. The highest BCUT2D eigenvalue weighted by Gasteiger charge is 2.14. The molecular weight excluding hydrogens is 382 g/mol. The Balaban J connectivity index is 1.73. The Morgan fingerprint density at radius 1 is 1.14 bits per heavy atom. The van der Waals surface area contributed by atoms with Gasteiger partial charge in [0.25, 0.3) is 0 Å². The molecule has 0 radical (unpaired) electrons. The minimum Gasteiger partial charge on any atom is -0.465 e. The SMILES string of the molecule is COC(=O)c1ccc2oc(=O)n(Cc3cccc(-c4ccc(Cl)nn4)c3)c2c1. The summed E-state index contributed by atoms with van der Waals surface area (Å²) in [5.41, 5.74) is 3.64. The second-order valence-electron chi connectivity index (χ2n) is 6.07. The summed E-state index contributed by atoms with van der Waals surface area (Å²) in [7, 11) is 1.31. The Morgan fingerprint density at radius 2 is 2.00 bits per heavy atom. The third-order valence-electron chi connectivity index (χ3n) is 4.28. The number of fused-ring (bicyclic) bond motifs is 1. The Morgan fingerprint density at radius 3 is 2.75 bits per heavy atom. The van der Waals surface area contributed by atoms with Crippen molar-refractivity contribution in [1.29, 1.82) is 0 Å². The van der Waals surface area contributed by atoms with Gasteiger partial charge in [-0.15, -0.1) is 10.2 Å². The third-order valence-corrected chi connectivity index (χ3v) is 4.49. The van der Waals surface area contributed by atoms with Crippen molar-refractivity contribution < 1.29 is 13.9 Å². The average molecular weight is 396 g/mol. The molecule has 0 spiro atoms. The van der Waals surface area contributed by atoms with Gasteiger partial charge >= 0.3 is 11.7 Å². The van der Waals surface area contributed by atoms with Crippen molar-refractivity contribution in [3.63, 3.8) is 0 Å². The van der Waals surface area contributed by atoms with Crippen LogP contribution in [0.4, 0.5) is 0 Å². The molecule has 0 atom stereocenters. The predicted octanol–water partition coefficient (Wildman–Crippen LogP) is 3.54. The molecular formula is C20H14ClN3O4. The molecule has 0 saturated heterocycles. The number of rotatable bonds is 4. The van der Waals surface area contributed by atoms with Gasteiger partial charge < -0.3 is 9.15 Å². The monoisotopic (exact) mass is 395 g/mol. The second-order valence-corrected chi connectivity index (χ2v) is 6.46. The van der Waals surface area contributed by atoms with E-state index in [0.717, 1.165) is 11.1 Å². The summed E-state index contributed by atoms with van der Waals surface area (Å²) in [5.74, 6) is -0.987. The molecule has 4 aromatic rings. The number of oxazole rings is 1. The largest absolute Gasteiger partial charge is 0.465 e. The van der Waals surface area contributed by atoms with Gasteiger partial charge in [-0.25, -0.2) is 9.59 Å². The zero-order chi connectivity index (χ0) is 19.7. The van der Waals surface area contributed by atoms with Crippen molar-refractivity contribution in [3.8, 4) is 11.3 Å². The van der Waals surface area contributed by atoms with Crippen LogP contribution < -0.4 is 5.76 Å². The van der Waals surface area contributed by atoms with Gasteiger partial charge in [0.1, 0.15) is 0 Å². The molecule has 2 heterocycles. The summed E-state index contributed by atoms with van der Waals surface area (Å²) in [5, 5.41) is 8.24. The molecule has 2 aromatic carbocycles. The Kier molecular flexibility index (Phi) is 4.67. The number of nitrogens with zero attached hydrogens (tertiary/aromatic N) is 3. The molecule has 2 aromatic heterocycles. The molecule has 0 saturated carbocycles. The van der Waals surface area contributed by atoms with Crippen LogP contribution in [0.15, 0.2) is 63.8 Å². The maximum atomic E-state index is 12.3. The maximum Gasteiger partial charge on any atom is 0.420 e. The van der Waals surface area contributed by atoms with Crippen molar-refractivity contribution in [2.75, 3.05) is 7.11 Å². The molecule has 4 rings (SSSR count). The molecule has 7 nitrogen and oxygen atoms in total. The topological polar surface area (TPSA) is 87.2 Å². The molecule has 140 valence electrons. The van der Waals surface area contributed by atoms with Crippen LogP contribution in [0.5, 0.6) is 0 Å².